The molecule has 0 aromatic carbocycles. The van der Waals surface area contributed by atoms with Gasteiger partial charge in [-0.2, -0.15) is 0 Å². The lowest BCUT2D eigenvalue weighted by atomic mass is 9.88. The van der Waals surface area contributed by atoms with Crippen molar-refractivity contribution < 1.29 is 9.59 Å². The molecule has 5 nitrogen and oxygen atoms in total. The van der Waals surface area contributed by atoms with E-state index in [-0.39, 0.29) is 23.8 Å². The van der Waals surface area contributed by atoms with Gasteiger partial charge in [-0.05, 0) is 57.2 Å². The van der Waals surface area contributed by atoms with E-state index in [1.54, 1.807) is 24.2 Å². The second-order valence-corrected chi connectivity index (χ2v) is 6.31. The van der Waals surface area contributed by atoms with Crippen molar-refractivity contribution in [3.05, 3.63) is 30.1 Å². The molecule has 2 heterocycles. The van der Waals surface area contributed by atoms with Crippen LogP contribution in [0.5, 0.6) is 0 Å². The van der Waals surface area contributed by atoms with Crippen LogP contribution in [0.4, 0.5) is 0 Å². The number of amides is 2. The molecule has 1 saturated heterocycles. The van der Waals surface area contributed by atoms with Gasteiger partial charge in [0.05, 0.1) is 6.04 Å². The summed E-state index contributed by atoms with van der Waals surface area (Å²) in [6, 6.07) is 3.20. The zero-order valence-corrected chi connectivity index (χ0v) is 12.7. The van der Waals surface area contributed by atoms with Gasteiger partial charge in [-0.25, -0.2) is 0 Å². The quantitative estimate of drug-likeness (QED) is 0.919. The van der Waals surface area contributed by atoms with Crippen LogP contribution in [0.25, 0.3) is 0 Å². The number of nitrogens with zero attached hydrogens (tertiary/aromatic N) is 2. The summed E-state index contributed by atoms with van der Waals surface area (Å²) in [5, 5.41) is 2.95. The Morgan fingerprint density at radius 1 is 1.33 bits per heavy atom. The van der Waals surface area contributed by atoms with Crippen molar-refractivity contribution >= 4 is 11.8 Å². The number of hydrogen-bond acceptors (Lipinski definition) is 3. The molecule has 0 radical (unpaired) electrons. The topological polar surface area (TPSA) is 62.3 Å². The number of carbonyl (C=O) groups is 2. The zero-order valence-electron chi connectivity index (χ0n) is 12.7. The van der Waals surface area contributed by atoms with Crippen LogP contribution in [0.2, 0.25) is 0 Å². The van der Waals surface area contributed by atoms with Gasteiger partial charge < -0.3 is 10.2 Å². The van der Waals surface area contributed by atoms with E-state index in [0.717, 1.165) is 18.4 Å². The fraction of sp³-hybridized carbons (Fsp3) is 0.562. The number of rotatable bonds is 3. The number of aromatic nitrogens is 1. The molecule has 1 aromatic rings. The monoisotopic (exact) mass is 287 g/mol. The van der Waals surface area contributed by atoms with Gasteiger partial charge in [-0.15, -0.1) is 0 Å². The molecular formula is C16H21N3O2. The number of pyridine rings is 1. The predicted molar refractivity (Wildman–Crippen MR) is 78.2 cm³/mol. The summed E-state index contributed by atoms with van der Waals surface area (Å²) in [6.07, 6.45) is 5.44. The van der Waals surface area contributed by atoms with Gasteiger partial charge in [0, 0.05) is 12.4 Å². The van der Waals surface area contributed by atoms with E-state index in [4.69, 9.17) is 0 Å². The summed E-state index contributed by atoms with van der Waals surface area (Å²) in [6.45, 7) is 5.62. The van der Waals surface area contributed by atoms with Crippen LogP contribution in [0, 0.1) is 5.92 Å². The Kier molecular flexibility index (Phi) is 3.23. The zero-order chi connectivity index (χ0) is 15.2. The van der Waals surface area contributed by atoms with Crippen LogP contribution < -0.4 is 5.32 Å². The second kappa shape index (κ2) is 4.83. The molecule has 1 N–H and O–H groups in total. The fourth-order valence-corrected chi connectivity index (χ4v) is 3.24. The lowest BCUT2D eigenvalue weighted by Crippen LogP contribution is -2.69. The Morgan fingerprint density at radius 2 is 1.95 bits per heavy atom. The smallest absolute Gasteiger partial charge is 0.249 e. The largest absolute Gasteiger partial charge is 0.340 e. The third kappa shape index (κ3) is 2.20. The van der Waals surface area contributed by atoms with Crippen LogP contribution in [0.1, 0.15) is 45.2 Å². The lowest BCUT2D eigenvalue weighted by Gasteiger charge is -2.46. The summed E-state index contributed by atoms with van der Waals surface area (Å²) in [5.41, 5.74) is 0.253. The van der Waals surface area contributed by atoms with Crippen LogP contribution in [-0.4, -0.2) is 33.3 Å². The number of nitrogens with one attached hydrogen (secondary N) is 1. The van der Waals surface area contributed by atoms with E-state index in [1.165, 1.54) is 0 Å². The molecule has 1 aliphatic carbocycles. The van der Waals surface area contributed by atoms with Gasteiger partial charge in [0.15, 0.2) is 0 Å². The van der Waals surface area contributed by atoms with Gasteiger partial charge >= 0.3 is 0 Å². The van der Waals surface area contributed by atoms with Crippen molar-refractivity contribution in [2.24, 2.45) is 5.92 Å². The Hall–Kier alpha value is -1.91. The van der Waals surface area contributed by atoms with E-state index < -0.39 is 11.6 Å². The first-order chi connectivity index (χ1) is 9.95. The SMILES string of the molecule is CC1C(=O)NC(C)(C2CC2)C(=O)N1C(C)c1ccncc1. The van der Waals surface area contributed by atoms with Crippen LogP contribution in [0.15, 0.2) is 24.5 Å². The molecular weight excluding hydrogens is 266 g/mol. The normalized spacial score (nSPS) is 31.0. The van der Waals surface area contributed by atoms with Crippen molar-refractivity contribution in [2.45, 2.75) is 51.2 Å². The second-order valence-electron chi connectivity index (χ2n) is 6.31. The summed E-state index contributed by atoms with van der Waals surface area (Å²) < 4.78 is 0. The van der Waals surface area contributed by atoms with Crippen LogP contribution in [-0.2, 0) is 9.59 Å². The molecule has 2 amide bonds. The molecule has 5 heteroatoms. The lowest BCUT2D eigenvalue weighted by molar-refractivity contribution is -0.157. The van der Waals surface area contributed by atoms with Crippen molar-refractivity contribution in [2.75, 3.05) is 0 Å². The van der Waals surface area contributed by atoms with E-state index in [9.17, 15) is 9.59 Å². The predicted octanol–water partition coefficient (Wildman–Crippen LogP) is 1.66. The summed E-state index contributed by atoms with van der Waals surface area (Å²) in [4.78, 5) is 31.1. The minimum atomic E-state index is -0.745. The highest BCUT2D eigenvalue weighted by Crippen LogP contribution is 2.43. The maximum atomic E-state index is 13.0. The number of carbonyl (C=O) groups excluding carboxylic acids is 2. The molecule has 0 bridgehead atoms. The number of hydrogen-bond donors (Lipinski definition) is 1. The van der Waals surface area contributed by atoms with E-state index in [2.05, 4.69) is 10.3 Å². The van der Waals surface area contributed by atoms with Crippen molar-refractivity contribution in [1.29, 1.82) is 0 Å². The molecule has 3 unspecified atom stereocenters. The van der Waals surface area contributed by atoms with E-state index in [1.807, 2.05) is 26.0 Å². The Morgan fingerprint density at radius 3 is 2.52 bits per heavy atom. The van der Waals surface area contributed by atoms with E-state index >= 15 is 0 Å². The van der Waals surface area contributed by atoms with Gasteiger partial charge in [-0.3, -0.25) is 14.6 Å². The third-order valence-electron chi connectivity index (χ3n) is 4.86. The van der Waals surface area contributed by atoms with Gasteiger partial charge in [-0.1, -0.05) is 0 Å². The first kappa shape index (κ1) is 14.0. The average molecular weight is 287 g/mol. The Labute approximate surface area is 124 Å². The molecule has 21 heavy (non-hydrogen) atoms. The summed E-state index contributed by atoms with van der Waals surface area (Å²) >= 11 is 0. The third-order valence-corrected chi connectivity index (χ3v) is 4.86. The Bertz CT molecular complexity index is 570. The first-order valence-corrected chi connectivity index (χ1v) is 7.50. The van der Waals surface area contributed by atoms with Crippen molar-refractivity contribution in [1.82, 2.24) is 15.2 Å². The minimum Gasteiger partial charge on any atom is -0.340 e. The van der Waals surface area contributed by atoms with Gasteiger partial charge in [0.1, 0.15) is 11.6 Å². The molecule has 3 atom stereocenters. The fourth-order valence-electron chi connectivity index (χ4n) is 3.24. The van der Waals surface area contributed by atoms with Crippen molar-refractivity contribution in [3.63, 3.8) is 0 Å². The summed E-state index contributed by atoms with van der Waals surface area (Å²) in [5.74, 6) is 0.236. The van der Waals surface area contributed by atoms with Gasteiger partial charge in [0.25, 0.3) is 0 Å². The molecule has 0 spiro atoms. The molecule has 2 aliphatic rings. The maximum absolute atomic E-state index is 13.0. The van der Waals surface area contributed by atoms with Gasteiger partial charge in [0.2, 0.25) is 11.8 Å². The van der Waals surface area contributed by atoms with Crippen molar-refractivity contribution in [3.8, 4) is 0 Å². The molecule has 112 valence electrons. The molecule has 1 aromatic heterocycles. The molecule has 2 fully saturated rings. The molecule has 3 rings (SSSR count). The van der Waals surface area contributed by atoms with Crippen LogP contribution in [0.3, 0.4) is 0 Å². The van der Waals surface area contributed by atoms with E-state index in [0.29, 0.717) is 0 Å². The highest BCUT2D eigenvalue weighted by Gasteiger charge is 2.55. The standard InChI is InChI=1S/C16H21N3O2/c1-10(12-6-8-17-9-7-12)19-11(2)14(20)18-16(3,15(19)21)13-4-5-13/h6-11,13H,4-5H2,1-3H3,(H,18,20). The molecule has 1 saturated carbocycles. The number of piperazine rings is 1. The highest BCUT2D eigenvalue weighted by atomic mass is 16.2. The molecule has 1 aliphatic heterocycles. The maximum Gasteiger partial charge on any atom is 0.249 e. The summed E-state index contributed by atoms with van der Waals surface area (Å²) in [7, 11) is 0. The highest BCUT2D eigenvalue weighted by molar-refractivity contribution is 6.00. The minimum absolute atomic E-state index is 0.0291. The average Bonchev–Trinajstić information content (AvgIpc) is 3.31. The Balaban J connectivity index is 1.94. The van der Waals surface area contributed by atoms with Crippen LogP contribution >= 0.6 is 0 Å². The first-order valence-electron chi connectivity index (χ1n) is 7.50.